The zero-order valence-corrected chi connectivity index (χ0v) is 13.2. The van der Waals surface area contributed by atoms with Crippen LogP contribution in [0.3, 0.4) is 0 Å². The summed E-state index contributed by atoms with van der Waals surface area (Å²) in [6, 6.07) is 11.0. The molecule has 0 aliphatic carbocycles. The van der Waals surface area contributed by atoms with E-state index in [0.29, 0.717) is 12.1 Å². The number of aromatic nitrogens is 1. The van der Waals surface area contributed by atoms with E-state index in [0.717, 1.165) is 29.7 Å². The van der Waals surface area contributed by atoms with Gasteiger partial charge in [0.2, 0.25) is 0 Å². The summed E-state index contributed by atoms with van der Waals surface area (Å²) in [5.41, 5.74) is 1.96. The van der Waals surface area contributed by atoms with E-state index in [4.69, 9.17) is 4.74 Å². The van der Waals surface area contributed by atoms with Crippen LogP contribution in [0, 0.1) is 0 Å². The summed E-state index contributed by atoms with van der Waals surface area (Å²) in [5, 5.41) is 6.69. The van der Waals surface area contributed by atoms with Gasteiger partial charge in [-0.05, 0) is 31.4 Å². The fourth-order valence-corrected chi connectivity index (χ4v) is 3.78. The van der Waals surface area contributed by atoms with E-state index in [1.54, 1.807) is 17.9 Å². The molecule has 3 unspecified atom stereocenters. The average Bonchev–Trinajstić information content (AvgIpc) is 3.31. The molecule has 2 aliphatic rings. The maximum atomic E-state index is 12.5. The van der Waals surface area contributed by atoms with Crippen LogP contribution in [0.5, 0.6) is 5.75 Å². The monoisotopic (exact) mass is 311 g/mol. The number of fused-ring (bicyclic) bond motifs is 2. The second-order valence-corrected chi connectivity index (χ2v) is 6.35. The number of nitrogens with one attached hydrogen (secondary N) is 2. The molecule has 0 saturated carbocycles. The highest BCUT2D eigenvalue weighted by molar-refractivity contribution is 5.80. The van der Waals surface area contributed by atoms with Crippen LogP contribution in [-0.4, -0.2) is 35.8 Å². The van der Waals surface area contributed by atoms with E-state index in [-0.39, 0.29) is 12.1 Å². The Labute approximate surface area is 135 Å². The Bertz CT molecular complexity index is 725. The van der Waals surface area contributed by atoms with E-state index in [9.17, 15) is 4.79 Å². The van der Waals surface area contributed by atoms with Crippen molar-refractivity contribution in [3.63, 3.8) is 0 Å². The molecule has 2 N–H and O–H groups in total. The number of nitrogens with zero attached hydrogens (tertiary/aromatic N) is 1. The maximum absolute atomic E-state index is 12.5. The van der Waals surface area contributed by atoms with E-state index in [1.165, 1.54) is 6.42 Å². The van der Waals surface area contributed by atoms with Crippen molar-refractivity contribution in [1.29, 1.82) is 0 Å². The number of hydrogen-bond donors (Lipinski definition) is 2. The van der Waals surface area contributed by atoms with Crippen LogP contribution in [0.2, 0.25) is 0 Å². The van der Waals surface area contributed by atoms with Crippen molar-refractivity contribution in [2.75, 3.05) is 7.11 Å². The number of methoxy groups -OCH3 is 1. The zero-order chi connectivity index (χ0) is 15.8. The predicted octanol–water partition coefficient (Wildman–Crippen LogP) is 2.61. The molecule has 5 heteroatoms. The summed E-state index contributed by atoms with van der Waals surface area (Å²) >= 11 is 0. The molecule has 3 heterocycles. The van der Waals surface area contributed by atoms with Crippen LogP contribution in [0.4, 0.5) is 4.79 Å². The Morgan fingerprint density at radius 1 is 1.30 bits per heavy atom. The molecule has 0 radical (unpaired) electrons. The number of carbonyl (C=O) groups excluding carboxylic acids is 1. The van der Waals surface area contributed by atoms with Crippen LogP contribution >= 0.6 is 0 Å². The summed E-state index contributed by atoms with van der Waals surface area (Å²) in [6.45, 7) is 0. The molecule has 2 fully saturated rings. The maximum Gasteiger partial charge on any atom is 0.325 e. The smallest absolute Gasteiger partial charge is 0.325 e. The first-order valence-electron chi connectivity index (χ1n) is 8.13. The van der Waals surface area contributed by atoms with Crippen LogP contribution in [0.1, 0.15) is 19.3 Å². The third kappa shape index (κ3) is 2.61. The molecule has 2 aliphatic heterocycles. The second kappa shape index (κ2) is 5.74. The highest BCUT2D eigenvalue weighted by Gasteiger charge is 2.39. The van der Waals surface area contributed by atoms with Crippen molar-refractivity contribution in [1.82, 2.24) is 15.2 Å². The SMILES string of the molecule is COc1ccccc1-c1ccn(C(=O)NC2CC3CCC2N3)c1. The van der Waals surface area contributed by atoms with Gasteiger partial charge in [-0.3, -0.25) is 4.57 Å². The van der Waals surface area contributed by atoms with Gasteiger partial charge in [0.1, 0.15) is 5.75 Å². The van der Waals surface area contributed by atoms with Gasteiger partial charge in [0.15, 0.2) is 0 Å². The lowest BCUT2D eigenvalue weighted by atomic mass is 9.96. The lowest BCUT2D eigenvalue weighted by molar-refractivity contribution is 0.236. The number of benzene rings is 1. The first kappa shape index (κ1) is 14.3. The number of hydrogen-bond acceptors (Lipinski definition) is 3. The quantitative estimate of drug-likeness (QED) is 0.916. The first-order chi connectivity index (χ1) is 11.2. The van der Waals surface area contributed by atoms with Crippen molar-refractivity contribution in [3.05, 3.63) is 42.7 Å². The van der Waals surface area contributed by atoms with Gasteiger partial charge < -0.3 is 15.4 Å². The Balaban J connectivity index is 1.50. The van der Waals surface area contributed by atoms with E-state index < -0.39 is 0 Å². The van der Waals surface area contributed by atoms with Crippen molar-refractivity contribution >= 4 is 6.03 Å². The number of carbonyl (C=O) groups is 1. The van der Waals surface area contributed by atoms with Crippen molar-refractivity contribution < 1.29 is 9.53 Å². The highest BCUT2D eigenvalue weighted by atomic mass is 16.5. The molecular weight excluding hydrogens is 290 g/mol. The van der Waals surface area contributed by atoms with Crippen molar-refractivity contribution in [2.45, 2.75) is 37.4 Å². The molecule has 1 aromatic heterocycles. The lowest BCUT2D eigenvalue weighted by Gasteiger charge is -2.21. The van der Waals surface area contributed by atoms with E-state index >= 15 is 0 Å². The largest absolute Gasteiger partial charge is 0.496 e. The number of rotatable bonds is 3. The van der Waals surface area contributed by atoms with Crippen LogP contribution in [0.25, 0.3) is 11.1 Å². The third-order valence-corrected chi connectivity index (χ3v) is 4.95. The fraction of sp³-hybridized carbons (Fsp3) is 0.389. The number of para-hydroxylation sites is 1. The van der Waals surface area contributed by atoms with Gasteiger partial charge in [-0.25, -0.2) is 4.79 Å². The Kier molecular flexibility index (Phi) is 3.58. The molecule has 0 spiro atoms. The fourth-order valence-electron chi connectivity index (χ4n) is 3.78. The van der Waals surface area contributed by atoms with Crippen molar-refractivity contribution in [3.8, 4) is 16.9 Å². The van der Waals surface area contributed by atoms with Crippen molar-refractivity contribution in [2.24, 2.45) is 0 Å². The molecule has 23 heavy (non-hydrogen) atoms. The zero-order valence-electron chi connectivity index (χ0n) is 13.2. The minimum atomic E-state index is -0.0644. The normalized spacial score (nSPS) is 25.5. The van der Waals surface area contributed by atoms with Gasteiger partial charge in [0.25, 0.3) is 0 Å². The lowest BCUT2D eigenvalue weighted by Crippen LogP contribution is -2.44. The minimum absolute atomic E-state index is 0.0644. The van der Waals surface area contributed by atoms with E-state index in [2.05, 4.69) is 10.6 Å². The second-order valence-electron chi connectivity index (χ2n) is 6.35. The van der Waals surface area contributed by atoms with E-state index in [1.807, 2.05) is 36.5 Å². The average molecular weight is 311 g/mol. The molecule has 5 nitrogen and oxygen atoms in total. The van der Waals surface area contributed by atoms with Gasteiger partial charge in [0.05, 0.1) is 7.11 Å². The van der Waals surface area contributed by atoms with Crippen LogP contribution in [0.15, 0.2) is 42.7 Å². The number of amides is 1. The molecule has 1 aromatic carbocycles. The standard InChI is InChI=1S/C18H21N3O2/c1-23-17-5-3-2-4-14(17)12-8-9-21(11-12)18(22)20-16-10-13-6-7-15(16)19-13/h2-5,8-9,11,13,15-16,19H,6-7,10H2,1H3,(H,20,22). The molecule has 2 saturated heterocycles. The summed E-state index contributed by atoms with van der Waals surface area (Å²) in [4.78, 5) is 12.5. The van der Waals surface area contributed by atoms with Gasteiger partial charge in [0, 0.05) is 41.6 Å². The number of ether oxygens (including phenoxy) is 1. The molecule has 2 bridgehead atoms. The molecular formula is C18H21N3O2. The highest BCUT2D eigenvalue weighted by Crippen LogP contribution is 2.30. The van der Waals surface area contributed by atoms with Crippen LogP contribution in [-0.2, 0) is 0 Å². The molecule has 4 rings (SSSR count). The summed E-state index contributed by atoms with van der Waals surface area (Å²) in [5.74, 6) is 0.808. The summed E-state index contributed by atoms with van der Waals surface area (Å²) < 4.78 is 7.01. The Morgan fingerprint density at radius 3 is 2.91 bits per heavy atom. The van der Waals surface area contributed by atoms with Gasteiger partial charge in [-0.15, -0.1) is 0 Å². The van der Waals surface area contributed by atoms with Crippen LogP contribution < -0.4 is 15.4 Å². The van der Waals surface area contributed by atoms with Gasteiger partial charge in [-0.2, -0.15) is 0 Å². The predicted molar refractivity (Wildman–Crippen MR) is 88.7 cm³/mol. The Morgan fingerprint density at radius 2 is 2.17 bits per heavy atom. The molecule has 120 valence electrons. The first-order valence-corrected chi connectivity index (χ1v) is 8.13. The molecule has 3 atom stereocenters. The summed E-state index contributed by atoms with van der Waals surface area (Å²) in [7, 11) is 1.66. The summed E-state index contributed by atoms with van der Waals surface area (Å²) in [6.07, 6.45) is 7.09. The Hall–Kier alpha value is -2.27. The van der Waals surface area contributed by atoms with Gasteiger partial charge >= 0.3 is 6.03 Å². The minimum Gasteiger partial charge on any atom is -0.496 e. The topological polar surface area (TPSA) is 55.3 Å². The molecule has 2 aromatic rings. The molecule has 1 amide bonds. The van der Waals surface area contributed by atoms with Gasteiger partial charge in [-0.1, -0.05) is 18.2 Å². The third-order valence-electron chi connectivity index (χ3n) is 4.95.